The molecule has 0 saturated carbocycles. The van der Waals surface area contributed by atoms with Crippen molar-refractivity contribution >= 4 is 17.3 Å². The van der Waals surface area contributed by atoms with Crippen molar-refractivity contribution in [2.24, 2.45) is 0 Å². The topological polar surface area (TPSA) is 96.3 Å². The summed E-state index contributed by atoms with van der Waals surface area (Å²) >= 11 is 0. The van der Waals surface area contributed by atoms with Crippen LogP contribution in [-0.2, 0) is 0 Å². The van der Waals surface area contributed by atoms with Gasteiger partial charge < -0.3 is 16.0 Å². The Bertz CT molecular complexity index is 477. The van der Waals surface area contributed by atoms with E-state index < -0.39 is 4.92 Å². The van der Waals surface area contributed by atoms with E-state index in [4.69, 9.17) is 0 Å². The van der Waals surface area contributed by atoms with Crippen LogP contribution < -0.4 is 16.0 Å². The lowest BCUT2D eigenvalue weighted by Crippen LogP contribution is -2.19. The van der Waals surface area contributed by atoms with Crippen LogP contribution in [0.3, 0.4) is 0 Å². The number of hydrogen-bond donors (Lipinski definition) is 3. The van der Waals surface area contributed by atoms with Gasteiger partial charge in [0.25, 0.3) is 11.6 Å². The Labute approximate surface area is 117 Å². The molecule has 7 heteroatoms. The van der Waals surface area contributed by atoms with Crippen LogP contribution in [-0.4, -0.2) is 37.5 Å². The number of carbonyl (C=O) groups excluding carboxylic acids is 1. The number of carbonyl (C=O) groups is 1. The van der Waals surface area contributed by atoms with E-state index in [2.05, 4.69) is 16.0 Å². The zero-order valence-electron chi connectivity index (χ0n) is 11.7. The molecule has 0 aliphatic rings. The minimum Gasteiger partial charge on any atom is -0.379 e. The largest absolute Gasteiger partial charge is 0.379 e. The molecule has 1 amide bonds. The smallest absolute Gasteiger partial charge is 0.293 e. The van der Waals surface area contributed by atoms with Gasteiger partial charge in [-0.2, -0.15) is 0 Å². The van der Waals surface area contributed by atoms with Crippen LogP contribution in [0.5, 0.6) is 0 Å². The normalized spacial score (nSPS) is 10.1. The van der Waals surface area contributed by atoms with Crippen LogP contribution in [0.4, 0.5) is 11.4 Å². The molecule has 110 valence electrons. The molecular formula is C13H20N4O3. The number of anilines is 1. The zero-order chi connectivity index (χ0) is 15.0. The number of nitro groups is 1. The van der Waals surface area contributed by atoms with Crippen LogP contribution in [0.2, 0.25) is 0 Å². The van der Waals surface area contributed by atoms with Gasteiger partial charge in [-0.05, 0) is 31.6 Å². The maximum Gasteiger partial charge on any atom is 0.293 e. The predicted molar refractivity (Wildman–Crippen MR) is 78.1 cm³/mol. The lowest BCUT2D eigenvalue weighted by molar-refractivity contribution is -0.384. The third kappa shape index (κ3) is 4.51. The molecule has 1 rings (SSSR count). The fourth-order valence-corrected chi connectivity index (χ4v) is 1.73. The predicted octanol–water partition coefficient (Wildman–Crippen LogP) is 1.37. The van der Waals surface area contributed by atoms with Crippen LogP contribution >= 0.6 is 0 Å². The molecule has 0 heterocycles. The van der Waals surface area contributed by atoms with E-state index in [-0.39, 0.29) is 17.2 Å². The van der Waals surface area contributed by atoms with Crippen molar-refractivity contribution < 1.29 is 9.72 Å². The summed E-state index contributed by atoms with van der Waals surface area (Å²) in [7, 11) is 1.49. The molecule has 0 fully saturated rings. The Morgan fingerprint density at radius 2 is 2.10 bits per heavy atom. The standard InChI is InChI=1S/C13H20N4O3/c1-3-15-7-4-8-16-11-6-5-10(13(18)14-2)9-12(11)17(19)20/h5-6,9,15-16H,3-4,7-8H2,1-2H3,(H,14,18). The van der Waals surface area contributed by atoms with Crippen molar-refractivity contribution in [1.82, 2.24) is 10.6 Å². The molecular weight excluding hydrogens is 260 g/mol. The van der Waals surface area contributed by atoms with Gasteiger partial charge in [-0.1, -0.05) is 6.92 Å². The summed E-state index contributed by atoms with van der Waals surface area (Å²) < 4.78 is 0. The van der Waals surface area contributed by atoms with Gasteiger partial charge in [-0.25, -0.2) is 0 Å². The first kappa shape index (κ1) is 15.9. The highest BCUT2D eigenvalue weighted by Gasteiger charge is 2.16. The van der Waals surface area contributed by atoms with Gasteiger partial charge in [0.05, 0.1) is 4.92 Å². The number of benzene rings is 1. The first-order valence-electron chi connectivity index (χ1n) is 6.55. The Morgan fingerprint density at radius 3 is 2.70 bits per heavy atom. The van der Waals surface area contributed by atoms with E-state index in [1.54, 1.807) is 12.1 Å². The molecule has 20 heavy (non-hydrogen) atoms. The number of amides is 1. The third-order valence-electron chi connectivity index (χ3n) is 2.78. The first-order chi connectivity index (χ1) is 9.60. The first-order valence-corrected chi connectivity index (χ1v) is 6.55. The van der Waals surface area contributed by atoms with Crippen LogP contribution in [0.15, 0.2) is 18.2 Å². The molecule has 0 aromatic heterocycles. The summed E-state index contributed by atoms with van der Waals surface area (Å²) in [6, 6.07) is 4.42. The molecule has 0 unspecified atom stereocenters. The Balaban J connectivity index is 2.75. The molecule has 0 atom stereocenters. The van der Waals surface area contributed by atoms with E-state index in [9.17, 15) is 14.9 Å². The fourth-order valence-electron chi connectivity index (χ4n) is 1.73. The number of nitrogens with one attached hydrogen (secondary N) is 3. The van der Waals surface area contributed by atoms with Gasteiger partial charge in [0.15, 0.2) is 0 Å². The molecule has 0 bridgehead atoms. The summed E-state index contributed by atoms with van der Waals surface area (Å²) in [5.41, 5.74) is 0.617. The number of nitrogens with zero attached hydrogens (tertiary/aromatic N) is 1. The van der Waals surface area contributed by atoms with Crippen molar-refractivity contribution in [3.63, 3.8) is 0 Å². The summed E-state index contributed by atoms with van der Waals surface area (Å²) in [4.78, 5) is 22.0. The van der Waals surface area contributed by atoms with Crippen LogP contribution in [0.25, 0.3) is 0 Å². The van der Waals surface area contributed by atoms with E-state index in [1.165, 1.54) is 13.1 Å². The molecule has 0 aliphatic heterocycles. The van der Waals surface area contributed by atoms with Gasteiger partial charge in [-0.15, -0.1) is 0 Å². The van der Waals surface area contributed by atoms with Gasteiger partial charge in [-0.3, -0.25) is 14.9 Å². The second kappa shape index (κ2) is 8.11. The molecule has 0 spiro atoms. The molecule has 1 aromatic carbocycles. The molecule has 7 nitrogen and oxygen atoms in total. The summed E-state index contributed by atoms with van der Waals surface area (Å²) in [6.07, 6.45) is 0.863. The average molecular weight is 280 g/mol. The summed E-state index contributed by atoms with van der Waals surface area (Å²) in [5.74, 6) is -0.341. The van der Waals surface area contributed by atoms with Crippen molar-refractivity contribution in [1.29, 1.82) is 0 Å². The third-order valence-corrected chi connectivity index (χ3v) is 2.78. The lowest BCUT2D eigenvalue weighted by atomic mass is 10.1. The monoisotopic (exact) mass is 280 g/mol. The molecule has 0 radical (unpaired) electrons. The van der Waals surface area contributed by atoms with Crippen molar-refractivity contribution in [3.8, 4) is 0 Å². The highest BCUT2D eigenvalue weighted by molar-refractivity contribution is 5.95. The molecule has 0 saturated heterocycles. The van der Waals surface area contributed by atoms with E-state index >= 15 is 0 Å². The Morgan fingerprint density at radius 1 is 1.35 bits per heavy atom. The van der Waals surface area contributed by atoms with E-state index in [0.29, 0.717) is 12.2 Å². The second-order valence-electron chi connectivity index (χ2n) is 4.20. The highest BCUT2D eigenvalue weighted by Crippen LogP contribution is 2.25. The molecule has 1 aromatic rings. The molecule has 3 N–H and O–H groups in total. The maximum atomic E-state index is 11.5. The van der Waals surface area contributed by atoms with E-state index in [0.717, 1.165) is 19.5 Å². The van der Waals surface area contributed by atoms with Crippen molar-refractivity contribution in [3.05, 3.63) is 33.9 Å². The van der Waals surface area contributed by atoms with Gasteiger partial charge in [0.2, 0.25) is 0 Å². The van der Waals surface area contributed by atoms with Crippen molar-refractivity contribution in [2.45, 2.75) is 13.3 Å². The minimum atomic E-state index is -0.487. The van der Waals surface area contributed by atoms with Gasteiger partial charge in [0, 0.05) is 25.2 Å². The van der Waals surface area contributed by atoms with Crippen LogP contribution in [0.1, 0.15) is 23.7 Å². The Kier molecular flexibility index (Phi) is 6.45. The molecule has 0 aliphatic carbocycles. The number of nitro benzene ring substituents is 1. The number of hydrogen-bond acceptors (Lipinski definition) is 5. The minimum absolute atomic E-state index is 0.0884. The van der Waals surface area contributed by atoms with Crippen LogP contribution in [0, 0.1) is 10.1 Å². The fraction of sp³-hybridized carbons (Fsp3) is 0.462. The van der Waals surface area contributed by atoms with Crippen molar-refractivity contribution in [2.75, 3.05) is 32.0 Å². The maximum absolute atomic E-state index is 11.5. The quantitative estimate of drug-likeness (QED) is 0.379. The Hall–Kier alpha value is -2.15. The number of rotatable bonds is 8. The zero-order valence-corrected chi connectivity index (χ0v) is 11.7. The second-order valence-corrected chi connectivity index (χ2v) is 4.20. The van der Waals surface area contributed by atoms with E-state index in [1.807, 2.05) is 6.92 Å². The SMILES string of the molecule is CCNCCCNc1ccc(C(=O)NC)cc1[N+](=O)[O-]. The lowest BCUT2D eigenvalue weighted by Gasteiger charge is -2.08. The van der Waals surface area contributed by atoms with Gasteiger partial charge >= 0.3 is 0 Å². The van der Waals surface area contributed by atoms with Gasteiger partial charge in [0.1, 0.15) is 5.69 Å². The average Bonchev–Trinajstić information content (AvgIpc) is 2.46. The summed E-state index contributed by atoms with van der Waals surface area (Å²) in [5, 5.41) is 19.7. The summed E-state index contributed by atoms with van der Waals surface area (Å²) in [6.45, 7) is 4.41. The highest BCUT2D eigenvalue weighted by atomic mass is 16.6.